The van der Waals surface area contributed by atoms with Crippen molar-refractivity contribution in [1.29, 1.82) is 0 Å². The number of nitrogens with zero attached hydrogens (tertiary/aromatic N) is 2. The van der Waals surface area contributed by atoms with Gasteiger partial charge in [0.15, 0.2) is 6.10 Å². The lowest BCUT2D eigenvalue weighted by Gasteiger charge is -2.30. The predicted octanol–water partition coefficient (Wildman–Crippen LogP) is 1.93. The van der Waals surface area contributed by atoms with Crippen LogP contribution in [-0.2, 0) is 9.59 Å². The van der Waals surface area contributed by atoms with E-state index in [-0.39, 0.29) is 18.5 Å². The highest BCUT2D eigenvalue weighted by atomic mass is 16.5. The normalized spacial score (nSPS) is 22.7. The van der Waals surface area contributed by atoms with Gasteiger partial charge in [-0.15, -0.1) is 0 Å². The molecule has 27 heavy (non-hydrogen) atoms. The highest BCUT2D eigenvalue weighted by molar-refractivity contribution is 5.90. The number of benzene rings is 1. The topological polar surface area (TPSA) is 99.2 Å². The molecule has 2 aliphatic heterocycles. The fourth-order valence-corrected chi connectivity index (χ4v) is 3.47. The highest BCUT2D eigenvalue weighted by Crippen LogP contribution is 2.25. The summed E-state index contributed by atoms with van der Waals surface area (Å²) in [4.78, 5) is 38.8. The van der Waals surface area contributed by atoms with Gasteiger partial charge in [-0.3, -0.25) is 9.59 Å². The monoisotopic (exact) mass is 375 g/mol. The number of carbonyl (C=O) groups excluding carboxylic acids is 2. The molecule has 1 aromatic rings. The lowest BCUT2D eigenvalue weighted by Crippen LogP contribution is -2.44. The Hall–Kier alpha value is -2.77. The molecule has 2 aliphatic rings. The summed E-state index contributed by atoms with van der Waals surface area (Å²) in [6.45, 7) is 3.30. The van der Waals surface area contributed by atoms with Gasteiger partial charge in [-0.1, -0.05) is 0 Å². The lowest BCUT2D eigenvalue weighted by molar-refractivity contribution is -0.143. The Morgan fingerprint density at radius 3 is 2.67 bits per heavy atom. The number of hydrogen-bond acceptors (Lipinski definition) is 4. The zero-order valence-corrected chi connectivity index (χ0v) is 15.6. The van der Waals surface area contributed by atoms with E-state index in [1.165, 1.54) is 0 Å². The minimum Gasteiger partial charge on any atom is -0.481 e. The van der Waals surface area contributed by atoms with Gasteiger partial charge in [-0.2, -0.15) is 0 Å². The second kappa shape index (κ2) is 7.85. The van der Waals surface area contributed by atoms with Crippen molar-refractivity contribution in [2.75, 3.05) is 32.0 Å². The molecule has 146 valence electrons. The minimum absolute atomic E-state index is 0.0249. The number of nitrogens with one attached hydrogen (secondary N) is 1. The van der Waals surface area contributed by atoms with Gasteiger partial charge in [-0.05, 0) is 43.5 Å². The van der Waals surface area contributed by atoms with Gasteiger partial charge in [0.05, 0.1) is 5.92 Å². The van der Waals surface area contributed by atoms with Crippen LogP contribution in [0.3, 0.4) is 0 Å². The molecule has 8 nitrogen and oxygen atoms in total. The Balaban J connectivity index is 1.61. The number of amides is 3. The summed E-state index contributed by atoms with van der Waals surface area (Å²) in [7, 11) is 1.76. The number of carboxylic acid groups (broad SMARTS) is 1. The van der Waals surface area contributed by atoms with Crippen LogP contribution in [-0.4, -0.2) is 65.6 Å². The molecule has 0 saturated carbocycles. The van der Waals surface area contributed by atoms with Crippen molar-refractivity contribution in [3.63, 3.8) is 0 Å². The largest absolute Gasteiger partial charge is 0.481 e. The third-order valence-corrected chi connectivity index (χ3v) is 5.15. The van der Waals surface area contributed by atoms with E-state index in [0.29, 0.717) is 43.8 Å². The molecule has 0 bridgehead atoms. The summed E-state index contributed by atoms with van der Waals surface area (Å²) in [5, 5.41) is 12.0. The molecular weight excluding hydrogens is 350 g/mol. The molecule has 1 aromatic carbocycles. The van der Waals surface area contributed by atoms with Gasteiger partial charge in [0, 0.05) is 38.8 Å². The van der Waals surface area contributed by atoms with Crippen LogP contribution in [0.2, 0.25) is 0 Å². The Morgan fingerprint density at radius 1 is 1.26 bits per heavy atom. The van der Waals surface area contributed by atoms with Crippen molar-refractivity contribution in [1.82, 2.24) is 9.80 Å². The number of aryl methyl sites for hydroxylation is 1. The van der Waals surface area contributed by atoms with Crippen molar-refractivity contribution >= 4 is 23.6 Å². The van der Waals surface area contributed by atoms with Gasteiger partial charge in [0.2, 0.25) is 0 Å². The van der Waals surface area contributed by atoms with Gasteiger partial charge in [0.25, 0.3) is 5.91 Å². The number of urea groups is 1. The number of likely N-dealkylation sites (tertiary alicyclic amines) is 2. The van der Waals surface area contributed by atoms with E-state index in [1.54, 1.807) is 35.0 Å². The van der Waals surface area contributed by atoms with E-state index in [4.69, 9.17) is 9.84 Å². The number of ether oxygens (including phenoxy) is 1. The van der Waals surface area contributed by atoms with Crippen LogP contribution >= 0.6 is 0 Å². The Kier molecular flexibility index (Phi) is 5.53. The molecule has 2 unspecified atom stereocenters. The number of carboxylic acids is 1. The first kappa shape index (κ1) is 19.0. The zero-order chi connectivity index (χ0) is 19.6. The molecular formula is C19H25N3O5. The van der Waals surface area contributed by atoms with E-state index >= 15 is 0 Å². The average molecular weight is 375 g/mol. The summed E-state index contributed by atoms with van der Waals surface area (Å²) in [5.41, 5.74) is 1.45. The molecule has 0 radical (unpaired) electrons. The van der Waals surface area contributed by atoms with E-state index in [9.17, 15) is 14.4 Å². The smallest absolute Gasteiger partial charge is 0.321 e. The van der Waals surface area contributed by atoms with E-state index in [1.807, 2.05) is 6.92 Å². The summed E-state index contributed by atoms with van der Waals surface area (Å²) >= 11 is 0. The van der Waals surface area contributed by atoms with Gasteiger partial charge in [-0.25, -0.2) is 4.79 Å². The van der Waals surface area contributed by atoms with Crippen LogP contribution in [0.25, 0.3) is 0 Å². The maximum Gasteiger partial charge on any atom is 0.321 e. The van der Waals surface area contributed by atoms with Gasteiger partial charge >= 0.3 is 12.0 Å². The van der Waals surface area contributed by atoms with Crippen LogP contribution in [0.4, 0.5) is 10.5 Å². The molecule has 2 heterocycles. The molecule has 8 heteroatoms. The molecule has 2 atom stereocenters. The van der Waals surface area contributed by atoms with Crippen LogP contribution in [0.1, 0.15) is 24.8 Å². The molecule has 3 rings (SSSR count). The van der Waals surface area contributed by atoms with Crippen molar-refractivity contribution in [3.8, 4) is 5.75 Å². The van der Waals surface area contributed by atoms with Crippen LogP contribution in [0.15, 0.2) is 18.2 Å². The summed E-state index contributed by atoms with van der Waals surface area (Å²) < 4.78 is 5.78. The third kappa shape index (κ3) is 4.32. The van der Waals surface area contributed by atoms with Crippen LogP contribution in [0, 0.1) is 12.8 Å². The van der Waals surface area contributed by atoms with E-state index in [2.05, 4.69) is 5.32 Å². The number of aliphatic carboxylic acids is 1. The lowest BCUT2D eigenvalue weighted by atomic mass is 9.99. The van der Waals surface area contributed by atoms with Crippen molar-refractivity contribution in [2.24, 2.45) is 5.92 Å². The first-order valence-corrected chi connectivity index (χ1v) is 9.16. The Morgan fingerprint density at radius 2 is 2.04 bits per heavy atom. The molecule has 2 saturated heterocycles. The fraction of sp³-hybridized carbons (Fsp3) is 0.526. The number of rotatable bonds is 4. The maximum absolute atomic E-state index is 12.5. The number of anilines is 1. The predicted molar refractivity (Wildman–Crippen MR) is 98.8 cm³/mol. The first-order chi connectivity index (χ1) is 12.8. The van der Waals surface area contributed by atoms with Gasteiger partial charge < -0.3 is 25.0 Å². The standard InChI is InChI=1S/C19H25N3O5/c1-12-10-14(27-16-7-9-21(2)17(16)23)5-6-15(12)20-19(26)22-8-3-4-13(11-22)18(24)25/h5-6,10,13,16H,3-4,7-9,11H2,1-2H3,(H,20,26)(H,24,25). The van der Waals surface area contributed by atoms with Crippen molar-refractivity contribution < 1.29 is 24.2 Å². The van der Waals surface area contributed by atoms with E-state index < -0.39 is 18.0 Å². The molecule has 3 amide bonds. The van der Waals surface area contributed by atoms with E-state index in [0.717, 1.165) is 5.56 Å². The molecule has 2 N–H and O–H groups in total. The SMILES string of the molecule is Cc1cc(OC2CCN(C)C2=O)ccc1NC(=O)N1CCCC(C(=O)O)C1. The molecule has 0 spiro atoms. The fourth-order valence-electron chi connectivity index (χ4n) is 3.47. The number of likely N-dealkylation sites (N-methyl/N-ethyl adjacent to an activating group) is 1. The number of hydrogen-bond donors (Lipinski definition) is 2. The highest BCUT2D eigenvalue weighted by Gasteiger charge is 2.31. The quantitative estimate of drug-likeness (QED) is 0.838. The molecule has 0 aliphatic carbocycles. The second-order valence-electron chi connectivity index (χ2n) is 7.19. The Labute approximate surface area is 158 Å². The first-order valence-electron chi connectivity index (χ1n) is 9.16. The number of carbonyl (C=O) groups is 3. The van der Waals surface area contributed by atoms with Crippen molar-refractivity contribution in [3.05, 3.63) is 23.8 Å². The number of piperidine rings is 1. The van der Waals surface area contributed by atoms with Crippen LogP contribution < -0.4 is 10.1 Å². The summed E-state index contributed by atoms with van der Waals surface area (Å²) in [6, 6.07) is 4.96. The van der Waals surface area contributed by atoms with Crippen LogP contribution in [0.5, 0.6) is 5.75 Å². The maximum atomic E-state index is 12.5. The third-order valence-electron chi connectivity index (χ3n) is 5.15. The molecule has 0 aromatic heterocycles. The summed E-state index contributed by atoms with van der Waals surface area (Å²) in [5.74, 6) is -0.813. The average Bonchev–Trinajstić information content (AvgIpc) is 2.96. The summed E-state index contributed by atoms with van der Waals surface area (Å²) in [6.07, 6.45) is 1.47. The Bertz CT molecular complexity index is 751. The molecule has 2 fully saturated rings. The van der Waals surface area contributed by atoms with Gasteiger partial charge in [0.1, 0.15) is 5.75 Å². The zero-order valence-electron chi connectivity index (χ0n) is 15.6. The minimum atomic E-state index is -0.864. The second-order valence-corrected chi connectivity index (χ2v) is 7.19. The van der Waals surface area contributed by atoms with Crippen molar-refractivity contribution in [2.45, 2.75) is 32.3 Å².